The zero-order valence-corrected chi connectivity index (χ0v) is 25.3. The Hall–Kier alpha value is -2.72. The molecule has 39 heavy (non-hydrogen) atoms. The van der Waals surface area contributed by atoms with Crippen LogP contribution in [-0.2, 0) is 32.6 Å². The molecule has 0 saturated carbocycles. The van der Waals surface area contributed by atoms with Crippen molar-refractivity contribution in [2.24, 2.45) is 0 Å². The van der Waals surface area contributed by atoms with Crippen LogP contribution in [-0.4, -0.2) is 55.1 Å². The molecule has 0 aromatic heterocycles. The minimum absolute atomic E-state index is 0.0250. The van der Waals surface area contributed by atoms with Crippen LogP contribution in [0.2, 0.25) is 5.02 Å². The fourth-order valence-corrected chi connectivity index (χ4v) is 5.45. The van der Waals surface area contributed by atoms with E-state index in [9.17, 15) is 18.0 Å². The maximum Gasteiger partial charge on any atom is 0.243 e. The summed E-state index contributed by atoms with van der Waals surface area (Å²) in [7, 11) is -2.62. The number of sulfonamides is 1. The molecule has 0 radical (unpaired) electrons. The maximum atomic E-state index is 13.9. The third-order valence-corrected chi connectivity index (χ3v) is 9.02. The Balaban J connectivity index is 1.97. The standard InChI is InChI=1S/C29H33BrClN3O4S/c1-4-21(2)32-29(36)27(18-22-8-6-5-7-9-22)34(19-23-10-12-24(30)13-11-23)28(35)20-33(3)39(37,38)26-16-14-25(31)15-17-26/h5-17,21,27H,4,18-20H2,1-3H3,(H,32,36)/t21-,27+/m0/s1. The summed E-state index contributed by atoms with van der Waals surface area (Å²) < 4.78 is 28.3. The van der Waals surface area contributed by atoms with Crippen molar-refractivity contribution in [3.8, 4) is 0 Å². The second-order valence-corrected chi connectivity index (χ2v) is 12.8. The molecule has 2 atom stereocenters. The maximum absolute atomic E-state index is 13.9. The number of halogens is 2. The van der Waals surface area contributed by atoms with Gasteiger partial charge in [0, 0.05) is 35.6 Å². The van der Waals surface area contributed by atoms with Gasteiger partial charge in [0.2, 0.25) is 21.8 Å². The van der Waals surface area contributed by atoms with E-state index >= 15 is 0 Å². The molecule has 10 heteroatoms. The molecule has 0 spiro atoms. The van der Waals surface area contributed by atoms with Crippen LogP contribution in [0.1, 0.15) is 31.4 Å². The monoisotopic (exact) mass is 633 g/mol. The number of nitrogens with zero attached hydrogens (tertiary/aromatic N) is 2. The van der Waals surface area contributed by atoms with Crippen molar-refractivity contribution < 1.29 is 18.0 Å². The average molecular weight is 635 g/mol. The molecule has 0 bridgehead atoms. The molecular weight excluding hydrogens is 602 g/mol. The van der Waals surface area contributed by atoms with E-state index in [0.29, 0.717) is 5.02 Å². The van der Waals surface area contributed by atoms with E-state index in [-0.39, 0.29) is 29.8 Å². The van der Waals surface area contributed by atoms with Gasteiger partial charge in [-0.15, -0.1) is 0 Å². The molecule has 3 aromatic carbocycles. The summed E-state index contributed by atoms with van der Waals surface area (Å²) in [5.74, 6) is -0.778. The molecule has 208 valence electrons. The first-order valence-electron chi connectivity index (χ1n) is 12.6. The van der Waals surface area contributed by atoms with E-state index in [4.69, 9.17) is 11.6 Å². The lowest BCUT2D eigenvalue weighted by Gasteiger charge is -2.33. The summed E-state index contributed by atoms with van der Waals surface area (Å²) >= 11 is 9.35. The molecule has 0 saturated heterocycles. The lowest BCUT2D eigenvalue weighted by molar-refractivity contribution is -0.141. The number of benzene rings is 3. The quantitative estimate of drug-likeness (QED) is 0.294. The van der Waals surface area contributed by atoms with Crippen LogP contribution in [0.3, 0.4) is 0 Å². The van der Waals surface area contributed by atoms with Crippen LogP contribution < -0.4 is 5.32 Å². The fourth-order valence-electron chi connectivity index (χ4n) is 3.93. The summed E-state index contributed by atoms with van der Waals surface area (Å²) in [4.78, 5) is 28.9. The molecule has 0 heterocycles. The van der Waals surface area contributed by atoms with Gasteiger partial charge in [-0.2, -0.15) is 4.31 Å². The van der Waals surface area contributed by atoms with Crippen LogP contribution in [0.25, 0.3) is 0 Å². The van der Waals surface area contributed by atoms with Crippen molar-refractivity contribution in [2.45, 2.75) is 50.2 Å². The third-order valence-electron chi connectivity index (χ3n) is 6.42. The minimum atomic E-state index is -3.97. The zero-order chi connectivity index (χ0) is 28.6. The van der Waals surface area contributed by atoms with Gasteiger partial charge in [-0.25, -0.2) is 8.42 Å². The molecule has 2 amide bonds. The molecule has 0 aliphatic rings. The highest BCUT2D eigenvalue weighted by Crippen LogP contribution is 2.20. The molecule has 0 aliphatic heterocycles. The molecule has 1 N–H and O–H groups in total. The van der Waals surface area contributed by atoms with E-state index in [1.54, 1.807) is 0 Å². The SMILES string of the molecule is CC[C@H](C)NC(=O)[C@@H](Cc1ccccc1)N(Cc1ccc(Br)cc1)C(=O)CN(C)S(=O)(=O)c1ccc(Cl)cc1. The van der Waals surface area contributed by atoms with Gasteiger partial charge in [0.25, 0.3) is 0 Å². The summed E-state index contributed by atoms with van der Waals surface area (Å²) in [6, 6.07) is 21.7. The highest BCUT2D eigenvalue weighted by molar-refractivity contribution is 9.10. The fraction of sp³-hybridized carbons (Fsp3) is 0.310. The van der Waals surface area contributed by atoms with E-state index in [1.165, 1.54) is 36.2 Å². The molecule has 7 nitrogen and oxygen atoms in total. The highest BCUT2D eigenvalue weighted by Gasteiger charge is 2.33. The van der Waals surface area contributed by atoms with Gasteiger partial charge in [-0.3, -0.25) is 9.59 Å². The summed E-state index contributed by atoms with van der Waals surface area (Å²) in [6.45, 7) is 3.57. The van der Waals surface area contributed by atoms with Gasteiger partial charge in [0.05, 0.1) is 11.4 Å². The summed E-state index contributed by atoms with van der Waals surface area (Å²) in [5.41, 5.74) is 1.70. The number of amides is 2. The predicted molar refractivity (Wildman–Crippen MR) is 158 cm³/mol. The Bertz CT molecular complexity index is 1350. The molecule has 3 aromatic rings. The lowest BCUT2D eigenvalue weighted by Crippen LogP contribution is -2.54. The number of hydrogen-bond donors (Lipinski definition) is 1. The van der Waals surface area contributed by atoms with Gasteiger partial charge in [0.1, 0.15) is 6.04 Å². The first kappa shape index (κ1) is 30.8. The van der Waals surface area contributed by atoms with Crippen molar-refractivity contribution in [3.63, 3.8) is 0 Å². The van der Waals surface area contributed by atoms with E-state index < -0.39 is 28.5 Å². The van der Waals surface area contributed by atoms with Crippen LogP contribution in [0.15, 0.2) is 88.2 Å². The van der Waals surface area contributed by atoms with Crippen molar-refractivity contribution in [2.75, 3.05) is 13.6 Å². The van der Waals surface area contributed by atoms with Gasteiger partial charge in [-0.05, 0) is 60.9 Å². The number of hydrogen-bond acceptors (Lipinski definition) is 4. The number of nitrogens with one attached hydrogen (secondary N) is 1. The first-order chi connectivity index (χ1) is 18.5. The average Bonchev–Trinajstić information content (AvgIpc) is 2.92. The molecule has 0 fully saturated rings. The zero-order valence-electron chi connectivity index (χ0n) is 22.2. The minimum Gasteiger partial charge on any atom is -0.352 e. The van der Waals surface area contributed by atoms with Crippen molar-refractivity contribution in [1.29, 1.82) is 0 Å². The number of carbonyl (C=O) groups excluding carboxylic acids is 2. The van der Waals surface area contributed by atoms with Crippen LogP contribution in [0, 0.1) is 0 Å². The Kier molecular flexibility index (Phi) is 11.1. The highest BCUT2D eigenvalue weighted by atomic mass is 79.9. The second-order valence-electron chi connectivity index (χ2n) is 9.39. The lowest BCUT2D eigenvalue weighted by atomic mass is 10.0. The molecule has 3 rings (SSSR count). The van der Waals surface area contributed by atoms with E-state index in [1.807, 2.05) is 68.4 Å². The number of likely N-dealkylation sites (N-methyl/N-ethyl adjacent to an activating group) is 1. The van der Waals surface area contributed by atoms with Gasteiger partial charge in [-0.1, -0.05) is 76.9 Å². The first-order valence-corrected chi connectivity index (χ1v) is 15.2. The van der Waals surface area contributed by atoms with Crippen molar-refractivity contribution >= 4 is 49.4 Å². The Labute approximate surface area is 244 Å². The topological polar surface area (TPSA) is 86.8 Å². The smallest absolute Gasteiger partial charge is 0.243 e. The summed E-state index contributed by atoms with van der Waals surface area (Å²) in [6.07, 6.45) is 1.01. The Morgan fingerprint density at radius 3 is 2.15 bits per heavy atom. The number of rotatable bonds is 12. The van der Waals surface area contributed by atoms with E-state index in [0.717, 1.165) is 26.3 Å². The molecular formula is C29H33BrClN3O4S. The van der Waals surface area contributed by atoms with Crippen molar-refractivity contribution in [3.05, 3.63) is 99.5 Å². The Morgan fingerprint density at radius 1 is 0.949 bits per heavy atom. The van der Waals surface area contributed by atoms with Crippen LogP contribution in [0.5, 0.6) is 0 Å². The largest absolute Gasteiger partial charge is 0.352 e. The van der Waals surface area contributed by atoms with Crippen molar-refractivity contribution in [1.82, 2.24) is 14.5 Å². The van der Waals surface area contributed by atoms with Gasteiger partial charge < -0.3 is 10.2 Å². The normalized spacial score (nSPS) is 13.1. The molecule has 0 aliphatic carbocycles. The van der Waals surface area contributed by atoms with Gasteiger partial charge >= 0.3 is 0 Å². The Morgan fingerprint density at radius 2 is 1.56 bits per heavy atom. The third kappa shape index (κ3) is 8.63. The number of carbonyl (C=O) groups is 2. The van der Waals surface area contributed by atoms with Crippen LogP contribution >= 0.6 is 27.5 Å². The molecule has 0 unspecified atom stereocenters. The predicted octanol–water partition coefficient (Wildman–Crippen LogP) is 5.28. The summed E-state index contributed by atoms with van der Waals surface area (Å²) in [5, 5.41) is 3.42. The van der Waals surface area contributed by atoms with Gasteiger partial charge in [0.15, 0.2) is 0 Å². The van der Waals surface area contributed by atoms with Crippen LogP contribution in [0.4, 0.5) is 0 Å². The van der Waals surface area contributed by atoms with E-state index in [2.05, 4.69) is 21.2 Å². The second kappa shape index (κ2) is 14.1.